The monoisotopic (exact) mass is 197 g/mol. The average molecular weight is 197 g/mol. The van der Waals surface area contributed by atoms with E-state index in [9.17, 15) is 4.79 Å². The molecular weight excluding hydrogens is 178 g/mol. The molecule has 0 aliphatic rings. The molecule has 0 aromatic rings. The van der Waals surface area contributed by atoms with E-state index in [4.69, 9.17) is 10.8 Å². The standard InChI is InChI=1S/C9H13NO2.C2H6/c1-3-5-7(4-2)6-8(10)9(11)12;1-2/h3-5,8H,1-2,6,10H2,(H,11,12);1-2H3/b7-5+;/t8-;/m0./s1. The largest absolute Gasteiger partial charge is 0.480 e. The van der Waals surface area contributed by atoms with Crippen molar-refractivity contribution in [1.29, 1.82) is 0 Å². The van der Waals surface area contributed by atoms with Gasteiger partial charge in [-0.1, -0.05) is 45.2 Å². The number of nitrogens with two attached hydrogens (primary N) is 1. The van der Waals surface area contributed by atoms with Crippen molar-refractivity contribution in [1.82, 2.24) is 0 Å². The van der Waals surface area contributed by atoms with Crippen molar-refractivity contribution in [2.24, 2.45) is 5.73 Å². The third kappa shape index (κ3) is 7.31. The lowest BCUT2D eigenvalue weighted by Crippen LogP contribution is -2.30. The summed E-state index contributed by atoms with van der Waals surface area (Å²) >= 11 is 0. The molecule has 80 valence electrons. The molecule has 0 saturated carbocycles. The van der Waals surface area contributed by atoms with E-state index in [1.165, 1.54) is 0 Å². The predicted molar refractivity (Wildman–Crippen MR) is 60.1 cm³/mol. The van der Waals surface area contributed by atoms with E-state index in [1.807, 2.05) is 13.8 Å². The van der Waals surface area contributed by atoms with Crippen molar-refractivity contribution in [3.8, 4) is 0 Å². The number of aliphatic carboxylic acids is 1. The van der Waals surface area contributed by atoms with E-state index >= 15 is 0 Å². The third-order valence-electron chi connectivity index (χ3n) is 1.37. The van der Waals surface area contributed by atoms with Crippen LogP contribution in [0.15, 0.2) is 37.0 Å². The number of carboxylic acid groups (broad SMARTS) is 1. The maximum atomic E-state index is 10.3. The molecule has 0 fully saturated rings. The minimum Gasteiger partial charge on any atom is -0.480 e. The summed E-state index contributed by atoms with van der Waals surface area (Å²) in [6.45, 7) is 11.0. The van der Waals surface area contributed by atoms with Crippen LogP contribution in [0, 0.1) is 0 Å². The molecule has 0 aromatic carbocycles. The topological polar surface area (TPSA) is 63.3 Å². The fourth-order valence-electron chi connectivity index (χ4n) is 0.712. The molecule has 0 unspecified atom stereocenters. The van der Waals surface area contributed by atoms with Crippen LogP contribution in [0.4, 0.5) is 0 Å². The maximum absolute atomic E-state index is 10.3. The van der Waals surface area contributed by atoms with Gasteiger partial charge in [-0.2, -0.15) is 0 Å². The van der Waals surface area contributed by atoms with Gasteiger partial charge in [-0.15, -0.1) is 0 Å². The number of hydrogen-bond donors (Lipinski definition) is 2. The number of carbonyl (C=O) groups is 1. The molecule has 3 N–H and O–H groups in total. The summed E-state index contributed by atoms with van der Waals surface area (Å²) in [5.74, 6) is -1.01. The van der Waals surface area contributed by atoms with E-state index in [2.05, 4.69) is 13.2 Å². The first-order valence-corrected chi connectivity index (χ1v) is 4.54. The quantitative estimate of drug-likeness (QED) is 0.663. The highest BCUT2D eigenvalue weighted by atomic mass is 16.4. The van der Waals surface area contributed by atoms with E-state index < -0.39 is 12.0 Å². The van der Waals surface area contributed by atoms with Gasteiger partial charge in [0.1, 0.15) is 6.04 Å². The first-order valence-electron chi connectivity index (χ1n) is 4.54. The second kappa shape index (κ2) is 9.74. The zero-order valence-electron chi connectivity index (χ0n) is 8.86. The Hall–Kier alpha value is -1.35. The van der Waals surface area contributed by atoms with Crippen molar-refractivity contribution >= 4 is 5.97 Å². The summed E-state index contributed by atoms with van der Waals surface area (Å²) in [7, 11) is 0. The minimum absolute atomic E-state index is 0.283. The van der Waals surface area contributed by atoms with Crippen molar-refractivity contribution in [3.63, 3.8) is 0 Å². The second-order valence-corrected chi connectivity index (χ2v) is 2.33. The smallest absolute Gasteiger partial charge is 0.320 e. The molecule has 1 atom stereocenters. The molecule has 0 bridgehead atoms. The van der Waals surface area contributed by atoms with Gasteiger partial charge in [0.05, 0.1) is 0 Å². The van der Waals surface area contributed by atoms with E-state index in [0.29, 0.717) is 0 Å². The summed E-state index contributed by atoms with van der Waals surface area (Å²) < 4.78 is 0. The highest BCUT2D eigenvalue weighted by Crippen LogP contribution is 2.05. The van der Waals surface area contributed by atoms with E-state index in [-0.39, 0.29) is 6.42 Å². The molecule has 0 heterocycles. The van der Waals surface area contributed by atoms with Crippen molar-refractivity contribution in [2.75, 3.05) is 0 Å². The van der Waals surface area contributed by atoms with Gasteiger partial charge < -0.3 is 10.8 Å². The molecule has 0 spiro atoms. The highest BCUT2D eigenvalue weighted by Gasteiger charge is 2.11. The van der Waals surface area contributed by atoms with Crippen LogP contribution in [-0.2, 0) is 4.79 Å². The van der Waals surface area contributed by atoms with E-state index in [1.54, 1.807) is 18.2 Å². The van der Waals surface area contributed by atoms with Gasteiger partial charge in [0.25, 0.3) is 0 Å². The fourth-order valence-corrected chi connectivity index (χ4v) is 0.712. The molecule has 0 amide bonds. The zero-order valence-corrected chi connectivity index (χ0v) is 8.86. The lowest BCUT2D eigenvalue weighted by atomic mass is 10.1. The summed E-state index contributed by atoms with van der Waals surface area (Å²) in [6.07, 6.45) is 5.12. The highest BCUT2D eigenvalue weighted by molar-refractivity contribution is 5.73. The minimum atomic E-state index is -1.01. The molecule has 0 aliphatic carbocycles. The molecule has 3 heteroatoms. The molecular formula is C11H19NO2. The fraction of sp³-hybridized carbons (Fsp3) is 0.364. The predicted octanol–water partition coefficient (Wildman–Crippen LogP) is 2.11. The van der Waals surface area contributed by atoms with Crippen LogP contribution >= 0.6 is 0 Å². The Morgan fingerprint density at radius 1 is 1.50 bits per heavy atom. The Labute approximate surface area is 85.6 Å². The van der Waals surface area contributed by atoms with Crippen molar-refractivity contribution < 1.29 is 9.90 Å². The van der Waals surface area contributed by atoms with Crippen LogP contribution in [0.25, 0.3) is 0 Å². The Balaban J connectivity index is 0. The number of hydrogen-bond acceptors (Lipinski definition) is 2. The van der Waals surface area contributed by atoms with Crippen LogP contribution in [-0.4, -0.2) is 17.1 Å². The van der Waals surface area contributed by atoms with Gasteiger partial charge in [0.15, 0.2) is 0 Å². The van der Waals surface area contributed by atoms with Crippen LogP contribution in [0.2, 0.25) is 0 Å². The zero-order chi connectivity index (χ0) is 11.6. The third-order valence-corrected chi connectivity index (χ3v) is 1.37. The Bertz CT molecular complexity index is 219. The van der Waals surface area contributed by atoms with Crippen molar-refractivity contribution in [2.45, 2.75) is 26.3 Å². The van der Waals surface area contributed by atoms with Gasteiger partial charge in [-0.3, -0.25) is 4.79 Å². The van der Waals surface area contributed by atoms with Crippen molar-refractivity contribution in [3.05, 3.63) is 37.0 Å². The van der Waals surface area contributed by atoms with Gasteiger partial charge in [-0.05, 0) is 12.0 Å². The van der Waals surface area contributed by atoms with Crippen LogP contribution in [0.5, 0.6) is 0 Å². The molecule has 0 saturated heterocycles. The Kier molecular flexibility index (Phi) is 10.5. The van der Waals surface area contributed by atoms with Gasteiger partial charge in [0.2, 0.25) is 0 Å². The molecule has 3 nitrogen and oxygen atoms in total. The second-order valence-electron chi connectivity index (χ2n) is 2.33. The summed E-state index contributed by atoms with van der Waals surface area (Å²) in [5.41, 5.74) is 6.08. The summed E-state index contributed by atoms with van der Waals surface area (Å²) in [4.78, 5) is 10.3. The number of rotatable bonds is 5. The van der Waals surface area contributed by atoms with Gasteiger partial charge >= 0.3 is 5.97 Å². The number of carboxylic acids is 1. The molecule has 14 heavy (non-hydrogen) atoms. The molecule has 0 aromatic heterocycles. The van der Waals surface area contributed by atoms with E-state index in [0.717, 1.165) is 5.57 Å². The summed E-state index contributed by atoms with van der Waals surface area (Å²) in [6, 6.07) is -0.866. The first kappa shape index (κ1) is 15.1. The van der Waals surface area contributed by atoms with Gasteiger partial charge in [-0.25, -0.2) is 0 Å². The SMILES string of the molecule is C=C/C=C(\C=C)C[C@H](N)C(=O)O.CC. The lowest BCUT2D eigenvalue weighted by Gasteiger charge is -2.05. The molecule has 0 rings (SSSR count). The normalized spacial score (nSPS) is 12.1. The summed E-state index contributed by atoms with van der Waals surface area (Å²) in [5, 5.41) is 8.48. The first-order chi connectivity index (χ1) is 6.61. The van der Waals surface area contributed by atoms with Crippen LogP contribution in [0.1, 0.15) is 20.3 Å². The number of allylic oxidation sites excluding steroid dienone is 3. The van der Waals surface area contributed by atoms with Crippen LogP contribution in [0.3, 0.4) is 0 Å². The Morgan fingerprint density at radius 3 is 2.29 bits per heavy atom. The van der Waals surface area contributed by atoms with Gasteiger partial charge in [0, 0.05) is 0 Å². The molecule has 0 radical (unpaired) electrons. The van der Waals surface area contributed by atoms with Crippen LogP contribution < -0.4 is 5.73 Å². The Morgan fingerprint density at radius 2 is 2.00 bits per heavy atom. The lowest BCUT2D eigenvalue weighted by molar-refractivity contribution is -0.138. The molecule has 0 aliphatic heterocycles. The maximum Gasteiger partial charge on any atom is 0.320 e. The average Bonchev–Trinajstić information content (AvgIpc) is 2.19.